The quantitative estimate of drug-likeness (QED) is 0.736. The highest BCUT2D eigenvalue weighted by atomic mass is 19.1. The summed E-state index contributed by atoms with van der Waals surface area (Å²) in [5.41, 5.74) is 0.654. The second kappa shape index (κ2) is 6.89. The van der Waals surface area contributed by atoms with Gasteiger partial charge in [0.05, 0.1) is 19.3 Å². The predicted octanol–water partition coefficient (Wildman–Crippen LogP) is 1.42. The highest BCUT2D eigenvalue weighted by Crippen LogP contribution is 2.59. The van der Waals surface area contributed by atoms with Gasteiger partial charge in [-0.05, 0) is 37.0 Å². The maximum atomic E-state index is 15.0. The molecule has 0 radical (unpaired) electrons. The first-order valence-electron chi connectivity index (χ1n) is 9.36. The molecule has 0 spiro atoms. The van der Waals surface area contributed by atoms with Gasteiger partial charge in [0, 0.05) is 25.0 Å². The number of aliphatic hydroxyl groups excluding tert-OH is 1. The van der Waals surface area contributed by atoms with Crippen LogP contribution in [0.5, 0.6) is 0 Å². The SMILES string of the molecule is COC(=O)N1CC2CC2(c2ccc(N3C[C@H](CNC(C)O)OC3=O)cc2F)C1. The lowest BCUT2D eigenvalue weighted by atomic mass is 9.94. The maximum absolute atomic E-state index is 15.0. The van der Waals surface area contributed by atoms with Crippen molar-refractivity contribution in [1.82, 2.24) is 10.2 Å². The minimum absolute atomic E-state index is 0.236. The van der Waals surface area contributed by atoms with E-state index in [4.69, 9.17) is 9.47 Å². The Kier molecular flexibility index (Phi) is 4.67. The fourth-order valence-electron chi connectivity index (χ4n) is 4.38. The third kappa shape index (κ3) is 3.18. The minimum atomic E-state index is -0.703. The average Bonchev–Trinajstić information content (AvgIpc) is 3.02. The number of nitrogens with one attached hydrogen (secondary N) is 1. The molecule has 1 aliphatic carbocycles. The number of nitrogens with zero attached hydrogens (tertiary/aromatic N) is 2. The zero-order valence-electron chi connectivity index (χ0n) is 15.9. The van der Waals surface area contributed by atoms with Crippen LogP contribution in [0.1, 0.15) is 18.9 Å². The van der Waals surface area contributed by atoms with Gasteiger partial charge in [0.1, 0.15) is 18.1 Å². The van der Waals surface area contributed by atoms with Gasteiger partial charge in [-0.1, -0.05) is 6.07 Å². The highest BCUT2D eigenvalue weighted by molar-refractivity contribution is 5.89. The van der Waals surface area contributed by atoms with Crippen LogP contribution in [0.4, 0.5) is 19.7 Å². The number of piperidine rings is 1. The van der Waals surface area contributed by atoms with Crippen LogP contribution < -0.4 is 10.2 Å². The number of amides is 2. The van der Waals surface area contributed by atoms with Crippen molar-refractivity contribution in [2.45, 2.75) is 31.1 Å². The molecular formula is C19H24FN3O5. The Morgan fingerprint density at radius 1 is 1.50 bits per heavy atom. The number of hydrogen-bond acceptors (Lipinski definition) is 6. The van der Waals surface area contributed by atoms with Gasteiger partial charge in [0.25, 0.3) is 0 Å². The number of benzene rings is 1. The first-order valence-corrected chi connectivity index (χ1v) is 9.36. The van der Waals surface area contributed by atoms with Crippen molar-refractivity contribution in [2.24, 2.45) is 5.92 Å². The van der Waals surface area contributed by atoms with Crippen molar-refractivity contribution >= 4 is 17.9 Å². The van der Waals surface area contributed by atoms with Crippen molar-refractivity contribution in [3.05, 3.63) is 29.6 Å². The molecule has 2 amide bonds. The van der Waals surface area contributed by atoms with Gasteiger partial charge < -0.3 is 19.5 Å². The van der Waals surface area contributed by atoms with Crippen molar-refractivity contribution in [3.8, 4) is 0 Å². The van der Waals surface area contributed by atoms with E-state index in [9.17, 15) is 19.1 Å². The summed E-state index contributed by atoms with van der Waals surface area (Å²) in [6, 6.07) is 4.78. The number of rotatable bonds is 5. The molecule has 2 saturated heterocycles. The van der Waals surface area contributed by atoms with E-state index in [1.165, 1.54) is 18.1 Å². The van der Waals surface area contributed by atoms with E-state index in [1.54, 1.807) is 24.0 Å². The molecule has 1 aromatic carbocycles. The summed E-state index contributed by atoms with van der Waals surface area (Å²) in [4.78, 5) is 26.9. The Balaban J connectivity index is 1.47. The van der Waals surface area contributed by atoms with Crippen LogP contribution in [-0.4, -0.2) is 67.8 Å². The van der Waals surface area contributed by atoms with Crippen LogP contribution in [0.25, 0.3) is 0 Å². The molecule has 1 aromatic rings. The van der Waals surface area contributed by atoms with Crippen molar-refractivity contribution in [2.75, 3.05) is 38.2 Å². The van der Waals surface area contributed by atoms with Crippen LogP contribution in [-0.2, 0) is 14.9 Å². The lowest BCUT2D eigenvalue weighted by Gasteiger charge is -2.21. The summed E-state index contributed by atoms with van der Waals surface area (Å²) in [6.07, 6.45) is -1.20. The number of cyclic esters (lactones) is 1. The number of hydrogen-bond donors (Lipinski definition) is 2. The number of halogens is 1. The fourth-order valence-corrected chi connectivity index (χ4v) is 4.38. The zero-order chi connectivity index (χ0) is 20.1. The topological polar surface area (TPSA) is 91.3 Å². The Morgan fingerprint density at radius 3 is 2.96 bits per heavy atom. The van der Waals surface area contributed by atoms with Gasteiger partial charge >= 0.3 is 12.2 Å². The molecule has 3 unspecified atom stereocenters. The number of aliphatic hydroxyl groups is 1. The largest absolute Gasteiger partial charge is 0.453 e. The first-order chi connectivity index (χ1) is 13.3. The molecule has 1 saturated carbocycles. The summed E-state index contributed by atoms with van der Waals surface area (Å²) >= 11 is 0. The monoisotopic (exact) mass is 393 g/mol. The molecule has 9 heteroatoms. The van der Waals surface area contributed by atoms with Gasteiger partial charge in [-0.2, -0.15) is 0 Å². The molecule has 0 aromatic heterocycles. The van der Waals surface area contributed by atoms with Gasteiger partial charge in [-0.25, -0.2) is 14.0 Å². The Labute approximate surface area is 162 Å². The van der Waals surface area contributed by atoms with Crippen LogP contribution in [0, 0.1) is 11.7 Å². The molecule has 2 N–H and O–H groups in total. The number of likely N-dealkylation sites (tertiary alicyclic amines) is 1. The summed E-state index contributed by atoms with van der Waals surface area (Å²) in [5, 5.41) is 12.1. The van der Waals surface area contributed by atoms with Gasteiger partial charge in [-0.3, -0.25) is 10.2 Å². The van der Waals surface area contributed by atoms with Crippen molar-refractivity contribution in [3.63, 3.8) is 0 Å². The van der Waals surface area contributed by atoms with E-state index in [0.717, 1.165) is 6.42 Å². The summed E-state index contributed by atoms with van der Waals surface area (Å²) in [6.45, 7) is 3.19. The van der Waals surface area contributed by atoms with E-state index in [0.29, 0.717) is 30.9 Å². The second-order valence-corrected chi connectivity index (χ2v) is 7.77. The van der Waals surface area contributed by atoms with Crippen LogP contribution in [0.2, 0.25) is 0 Å². The number of anilines is 1. The smallest absolute Gasteiger partial charge is 0.414 e. The first kappa shape index (κ1) is 18.9. The van der Waals surface area contributed by atoms with Crippen LogP contribution in [0.15, 0.2) is 18.2 Å². The molecule has 4 rings (SSSR count). The molecule has 2 aliphatic heterocycles. The lowest BCUT2D eigenvalue weighted by Crippen LogP contribution is -2.35. The average molecular weight is 393 g/mol. The van der Waals surface area contributed by atoms with E-state index in [-0.39, 0.29) is 29.8 Å². The lowest BCUT2D eigenvalue weighted by molar-refractivity contribution is 0.110. The summed E-state index contributed by atoms with van der Waals surface area (Å²) < 4.78 is 25.0. The molecule has 3 fully saturated rings. The highest BCUT2D eigenvalue weighted by Gasteiger charge is 2.62. The Morgan fingerprint density at radius 2 is 2.29 bits per heavy atom. The molecule has 4 atom stereocenters. The Bertz CT molecular complexity index is 804. The molecule has 152 valence electrons. The molecule has 8 nitrogen and oxygen atoms in total. The number of fused-ring (bicyclic) bond motifs is 1. The van der Waals surface area contributed by atoms with Crippen LogP contribution >= 0.6 is 0 Å². The minimum Gasteiger partial charge on any atom is -0.453 e. The zero-order valence-corrected chi connectivity index (χ0v) is 15.9. The number of carbonyl (C=O) groups excluding carboxylic acids is 2. The van der Waals surface area contributed by atoms with Crippen molar-refractivity contribution in [1.29, 1.82) is 0 Å². The molecule has 3 aliphatic rings. The molecule has 28 heavy (non-hydrogen) atoms. The number of methoxy groups -OCH3 is 1. The van der Waals surface area contributed by atoms with E-state index < -0.39 is 18.4 Å². The third-order valence-corrected chi connectivity index (χ3v) is 5.89. The second-order valence-electron chi connectivity index (χ2n) is 7.77. The van der Waals surface area contributed by atoms with Crippen LogP contribution in [0.3, 0.4) is 0 Å². The summed E-state index contributed by atoms with van der Waals surface area (Å²) in [7, 11) is 1.34. The Hall–Kier alpha value is -2.39. The molecule has 0 bridgehead atoms. The summed E-state index contributed by atoms with van der Waals surface area (Å²) in [5.74, 6) is -0.148. The number of ether oxygens (including phenoxy) is 2. The standard InChI is InChI=1S/C19H24FN3O5/c1-11(24)21-7-14-9-23(18(26)28-14)13-3-4-15(16(20)5-13)19-6-12(19)8-22(10-19)17(25)27-2/h3-5,11-12,14,21,24H,6-10H2,1-2H3/t11?,12?,14-,19?/m0/s1. The van der Waals surface area contributed by atoms with E-state index in [1.807, 2.05) is 0 Å². The number of carbonyl (C=O) groups is 2. The normalized spacial score (nSPS) is 29.5. The molecule has 2 heterocycles. The third-order valence-electron chi connectivity index (χ3n) is 5.89. The maximum Gasteiger partial charge on any atom is 0.414 e. The van der Waals surface area contributed by atoms with E-state index in [2.05, 4.69) is 5.32 Å². The van der Waals surface area contributed by atoms with Gasteiger partial charge in [0.2, 0.25) is 0 Å². The van der Waals surface area contributed by atoms with Gasteiger partial charge in [0.15, 0.2) is 0 Å². The van der Waals surface area contributed by atoms with Crippen molar-refractivity contribution < 1.29 is 28.6 Å². The predicted molar refractivity (Wildman–Crippen MR) is 97.5 cm³/mol. The van der Waals surface area contributed by atoms with E-state index >= 15 is 0 Å². The van der Waals surface area contributed by atoms with Gasteiger partial charge in [-0.15, -0.1) is 0 Å². The fraction of sp³-hybridized carbons (Fsp3) is 0.579. The molecular weight excluding hydrogens is 369 g/mol.